The number of amides is 1. The second-order valence-electron chi connectivity index (χ2n) is 11.4. The number of nitrogens with one attached hydrogen (secondary N) is 1. The normalized spacial score (nSPS) is 15.8. The third-order valence-corrected chi connectivity index (χ3v) is 9.18. The minimum atomic E-state index is -0.308. The molecular formula is C31H37ClN6OS. The summed E-state index contributed by atoms with van der Waals surface area (Å²) in [6.45, 7) is 13.0. The van der Waals surface area contributed by atoms with Crippen LogP contribution in [0.1, 0.15) is 88.9 Å². The molecule has 3 heterocycles. The molecule has 5 rings (SSSR count). The van der Waals surface area contributed by atoms with E-state index in [4.69, 9.17) is 26.6 Å². The molecule has 2 aromatic carbocycles. The zero-order valence-corrected chi connectivity index (χ0v) is 25.8. The molecule has 7 nitrogen and oxygen atoms in total. The van der Waals surface area contributed by atoms with Crippen molar-refractivity contribution in [3.05, 3.63) is 71.0 Å². The van der Waals surface area contributed by atoms with Crippen LogP contribution in [0.25, 0.3) is 27.8 Å². The Morgan fingerprint density at radius 3 is 2.35 bits per heavy atom. The number of para-hydroxylation sites is 1. The van der Waals surface area contributed by atoms with E-state index in [-0.39, 0.29) is 22.2 Å². The molecule has 9 heteroatoms. The zero-order chi connectivity index (χ0) is 28.8. The number of carbonyl (C=O) groups is 1. The number of fused-ring (bicyclic) bond motifs is 5. The summed E-state index contributed by atoms with van der Waals surface area (Å²) >= 11 is 8.48. The summed E-state index contributed by atoms with van der Waals surface area (Å²) in [5, 5.41) is 0.519. The minimum Gasteiger partial charge on any atom is -0.331 e. The van der Waals surface area contributed by atoms with E-state index in [9.17, 15) is 4.79 Å². The average Bonchev–Trinajstić information content (AvgIpc) is 3.27. The molecule has 1 atom stereocenters. The molecule has 1 N–H and O–H groups in total. The summed E-state index contributed by atoms with van der Waals surface area (Å²) in [7, 11) is 1.84. The molecule has 0 radical (unpaired) electrons. The summed E-state index contributed by atoms with van der Waals surface area (Å²) in [5.41, 5.74) is 4.58. The van der Waals surface area contributed by atoms with Crippen LogP contribution in [0.15, 0.2) is 48.8 Å². The molecule has 1 aliphatic heterocycles. The number of carbonyl (C=O) groups excluding carboxylic acids is 1. The van der Waals surface area contributed by atoms with Crippen LogP contribution < -0.4 is 4.72 Å². The van der Waals surface area contributed by atoms with Crippen molar-refractivity contribution in [2.75, 3.05) is 7.05 Å². The van der Waals surface area contributed by atoms with Gasteiger partial charge in [-0.15, -0.1) is 0 Å². The van der Waals surface area contributed by atoms with Gasteiger partial charge in [0, 0.05) is 29.8 Å². The molecule has 0 fully saturated rings. The van der Waals surface area contributed by atoms with Crippen molar-refractivity contribution in [2.45, 2.75) is 77.1 Å². The van der Waals surface area contributed by atoms with E-state index in [1.807, 2.05) is 43.7 Å². The van der Waals surface area contributed by atoms with Crippen molar-refractivity contribution in [1.29, 1.82) is 0 Å². The SMILES string of the molecule is CCC1c2nc3ccc(-c4cnc(C(CC)(CC)NSC(C)(C)C)nc4)cc3n2-c2c(Cl)cccc2C(=O)N1C. The molecule has 0 bridgehead atoms. The highest BCUT2D eigenvalue weighted by atomic mass is 35.5. The highest BCUT2D eigenvalue weighted by Crippen LogP contribution is 2.39. The molecule has 4 aromatic rings. The monoisotopic (exact) mass is 576 g/mol. The Morgan fingerprint density at radius 2 is 1.73 bits per heavy atom. The van der Waals surface area contributed by atoms with Gasteiger partial charge in [0.05, 0.1) is 38.9 Å². The maximum atomic E-state index is 13.4. The predicted octanol–water partition coefficient (Wildman–Crippen LogP) is 7.72. The lowest BCUT2D eigenvalue weighted by molar-refractivity contribution is 0.0726. The molecule has 1 aliphatic rings. The number of aromatic nitrogens is 4. The van der Waals surface area contributed by atoms with E-state index in [1.165, 1.54) is 0 Å². The van der Waals surface area contributed by atoms with Gasteiger partial charge in [0.2, 0.25) is 0 Å². The van der Waals surface area contributed by atoms with Gasteiger partial charge in [0.25, 0.3) is 5.91 Å². The van der Waals surface area contributed by atoms with Gasteiger partial charge in [-0.2, -0.15) is 0 Å². The van der Waals surface area contributed by atoms with Crippen LogP contribution in [0.3, 0.4) is 0 Å². The van der Waals surface area contributed by atoms with Gasteiger partial charge in [-0.3, -0.25) is 9.36 Å². The van der Waals surface area contributed by atoms with Crippen molar-refractivity contribution < 1.29 is 4.79 Å². The summed E-state index contributed by atoms with van der Waals surface area (Å²) in [6.07, 6.45) is 6.30. The van der Waals surface area contributed by atoms with Gasteiger partial charge in [0.1, 0.15) is 11.6 Å². The molecule has 0 spiro atoms. The van der Waals surface area contributed by atoms with E-state index in [0.717, 1.165) is 53.1 Å². The number of halogens is 1. The first-order valence-electron chi connectivity index (χ1n) is 13.9. The third-order valence-electron chi connectivity index (χ3n) is 7.77. The fourth-order valence-electron chi connectivity index (χ4n) is 5.34. The maximum Gasteiger partial charge on any atom is 0.256 e. The van der Waals surface area contributed by atoms with Crippen molar-refractivity contribution in [3.63, 3.8) is 0 Å². The van der Waals surface area contributed by atoms with Crippen molar-refractivity contribution in [1.82, 2.24) is 29.1 Å². The Balaban J connectivity index is 1.61. The van der Waals surface area contributed by atoms with E-state index in [0.29, 0.717) is 16.3 Å². The summed E-state index contributed by atoms with van der Waals surface area (Å²) < 4.78 is 5.82. The molecule has 40 heavy (non-hydrogen) atoms. The molecule has 1 amide bonds. The van der Waals surface area contributed by atoms with Gasteiger partial charge >= 0.3 is 0 Å². The lowest BCUT2D eigenvalue weighted by Crippen LogP contribution is -2.41. The van der Waals surface area contributed by atoms with E-state index in [1.54, 1.807) is 16.8 Å². The van der Waals surface area contributed by atoms with Gasteiger partial charge in [-0.25, -0.2) is 19.7 Å². The lowest BCUT2D eigenvalue weighted by atomic mass is 9.93. The first-order chi connectivity index (χ1) is 19.0. The topological polar surface area (TPSA) is 75.9 Å². The van der Waals surface area contributed by atoms with Crippen LogP contribution in [-0.2, 0) is 5.54 Å². The minimum absolute atomic E-state index is 0.0586. The van der Waals surface area contributed by atoms with Gasteiger partial charge in [0.15, 0.2) is 0 Å². The molecule has 210 valence electrons. The second-order valence-corrected chi connectivity index (χ2v) is 13.4. The average molecular weight is 577 g/mol. The van der Waals surface area contributed by atoms with Gasteiger partial charge in [-0.05, 0) is 69.9 Å². The molecule has 0 saturated heterocycles. The van der Waals surface area contributed by atoms with Crippen molar-refractivity contribution >= 4 is 40.5 Å². The first kappa shape index (κ1) is 28.6. The standard InChI is InChI=1S/C31H37ClN6OS/c1-8-24-27-35-23-15-14-19(16-25(23)38(27)26-21(28(39)37(24)7)12-11-13-22(26)32)20-17-33-29(34-18-20)31(9-2,10-3)36-40-30(4,5)6/h11-18,24,36H,8-10H2,1-7H3. The lowest BCUT2D eigenvalue weighted by Gasteiger charge is -2.33. The third kappa shape index (κ3) is 4.91. The molecule has 0 aliphatic carbocycles. The quantitative estimate of drug-likeness (QED) is 0.227. The van der Waals surface area contributed by atoms with Crippen LogP contribution in [0.5, 0.6) is 0 Å². The van der Waals surface area contributed by atoms with Crippen LogP contribution in [-0.4, -0.2) is 42.1 Å². The van der Waals surface area contributed by atoms with Gasteiger partial charge < -0.3 is 4.90 Å². The number of hydrogen-bond donors (Lipinski definition) is 1. The Morgan fingerprint density at radius 1 is 1.02 bits per heavy atom. The molecular weight excluding hydrogens is 540 g/mol. The zero-order valence-electron chi connectivity index (χ0n) is 24.2. The maximum absolute atomic E-state index is 13.4. The highest BCUT2D eigenvalue weighted by molar-refractivity contribution is 7.98. The Bertz CT molecular complexity index is 1550. The Kier molecular flexibility index (Phi) is 7.72. The van der Waals surface area contributed by atoms with Crippen LogP contribution >= 0.6 is 23.5 Å². The van der Waals surface area contributed by atoms with Gasteiger partial charge in [-0.1, -0.05) is 56.5 Å². The van der Waals surface area contributed by atoms with E-state index >= 15 is 0 Å². The number of nitrogens with zero attached hydrogens (tertiary/aromatic N) is 5. The fraction of sp³-hybridized carbons (Fsp3) is 0.419. The number of hydrogen-bond acceptors (Lipinski definition) is 6. The summed E-state index contributed by atoms with van der Waals surface area (Å²) in [5.74, 6) is 1.55. The summed E-state index contributed by atoms with van der Waals surface area (Å²) in [4.78, 5) is 29.9. The number of imidazole rings is 1. The smallest absolute Gasteiger partial charge is 0.256 e. The van der Waals surface area contributed by atoms with Crippen LogP contribution in [0.4, 0.5) is 0 Å². The van der Waals surface area contributed by atoms with Crippen molar-refractivity contribution in [3.8, 4) is 16.8 Å². The Labute approximate surface area is 245 Å². The largest absolute Gasteiger partial charge is 0.331 e. The Hall–Kier alpha value is -2.94. The number of benzene rings is 2. The summed E-state index contributed by atoms with van der Waals surface area (Å²) in [6, 6.07) is 11.5. The van der Waals surface area contributed by atoms with E-state index < -0.39 is 0 Å². The first-order valence-corrected chi connectivity index (χ1v) is 15.1. The predicted molar refractivity (Wildman–Crippen MR) is 165 cm³/mol. The van der Waals surface area contributed by atoms with E-state index in [2.05, 4.69) is 63.0 Å². The number of rotatable bonds is 7. The fourth-order valence-corrected chi connectivity index (χ4v) is 6.48. The highest BCUT2D eigenvalue weighted by Gasteiger charge is 2.35. The van der Waals surface area contributed by atoms with Crippen LogP contribution in [0.2, 0.25) is 5.02 Å². The molecule has 2 aromatic heterocycles. The molecule has 1 unspecified atom stereocenters. The van der Waals surface area contributed by atoms with Crippen molar-refractivity contribution in [2.24, 2.45) is 0 Å². The van der Waals surface area contributed by atoms with Crippen LogP contribution in [0, 0.1) is 0 Å². The second kappa shape index (κ2) is 10.8. The molecule has 0 saturated carbocycles.